The first-order chi connectivity index (χ1) is 12.4. The molecule has 0 unspecified atom stereocenters. The van der Waals surface area contributed by atoms with E-state index in [0.29, 0.717) is 28.6 Å². The Morgan fingerprint density at radius 2 is 2.15 bits per heavy atom. The number of carbonyl (C=O) groups is 2. The van der Waals surface area contributed by atoms with E-state index in [1.807, 2.05) is 32.0 Å². The van der Waals surface area contributed by atoms with Gasteiger partial charge in [-0.2, -0.15) is 0 Å². The van der Waals surface area contributed by atoms with Crippen LogP contribution in [0.5, 0.6) is 5.75 Å². The number of hydrogen-bond donors (Lipinski definition) is 1. The maximum Gasteiger partial charge on any atom is 0.354 e. The quantitative estimate of drug-likeness (QED) is 0.765. The van der Waals surface area contributed by atoms with Gasteiger partial charge in [0, 0.05) is 17.0 Å². The molecule has 0 radical (unpaired) electrons. The van der Waals surface area contributed by atoms with Crippen molar-refractivity contribution in [2.24, 2.45) is 0 Å². The molecule has 0 spiro atoms. The number of hydrogen-bond acceptors (Lipinski definition) is 5. The number of ether oxygens (including phenoxy) is 1. The van der Waals surface area contributed by atoms with Crippen LogP contribution >= 0.6 is 11.3 Å². The van der Waals surface area contributed by atoms with E-state index in [4.69, 9.17) is 4.74 Å². The highest BCUT2D eigenvalue weighted by Gasteiger charge is 2.27. The highest BCUT2D eigenvalue weighted by atomic mass is 32.1. The molecule has 1 aromatic carbocycles. The highest BCUT2D eigenvalue weighted by Crippen LogP contribution is 2.39. The SMILES string of the molecule is CCN1C(=O)COc2ccc(-c3c(C)sc4nc(C)c(C(=O)O)n34)cc21. The zero-order valence-corrected chi connectivity index (χ0v) is 15.4. The Labute approximate surface area is 153 Å². The second-order valence-electron chi connectivity index (χ2n) is 6.08. The Hall–Kier alpha value is -2.87. The van der Waals surface area contributed by atoms with Gasteiger partial charge in [0.2, 0.25) is 0 Å². The molecule has 2 aromatic heterocycles. The number of carboxylic acids is 1. The summed E-state index contributed by atoms with van der Waals surface area (Å²) in [5, 5.41) is 9.61. The number of thiazole rings is 1. The van der Waals surface area contributed by atoms with Crippen molar-refractivity contribution in [1.29, 1.82) is 0 Å². The van der Waals surface area contributed by atoms with Gasteiger partial charge in [0.15, 0.2) is 17.3 Å². The third-order valence-corrected chi connectivity index (χ3v) is 5.47. The summed E-state index contributed by atoms with van der Waals surface area (Å²) in [5.74, 6) is -0.450. The molecule has 1 aliphatic rings. The van der Waals surface area contributed by atoms with E-state index in [2.05, 4.69) is 4.98 Å². The van der Waals surface area contributed by atoms with Crippen molar-refractivity contribution in [3.05, 3.63) is 34.5 Å². The largest absolute Gasteiger partial charge is 0.482 e. The summed E-state index contributed by atoms with van der Waals surface area (Å²) in [6, 6.07) is 5.59. The van der Waals surface area contributed by atoms with E-state index in [1.165, 1.54) is 11.3 Å². The molecule has 0 aliphatic carbocycles. The van der Waals surface area contributed by atoms with E-state index in [0.717, 1.165) is 16.1 Å². The van der Waals surface area contributed by atoms with Gasteiger partial charge in [0.25, 0.3) is 5.91 Å². The molecule has 134 valence electrons. The minimum Gasteiger partial charge on any atom is -0.482 e. The predicted octanol–water partition coefficient (Wildman–Crippen LogP) is 3.12. The van der Waals surface area contributed by atoms with Crippen LogP contribution in [0.25, 0.3) is 16.2 Å². The van der Waals surface area contributed by atoms with E-state index in [-0.39, 0.29) is 18.2 Å². The van der Waals surface area contributed by atoms with Crippen LogP contribution in [0.1, 0.15) is 28.0 Å². The standard InChI is InChI=1S/C18H17N3O4S/c1-4-20-12-7-11(5-6-13(12)25-8-14(20)22)16-10(3)26-18-19-9(2)15(17(23)24)21(16)18/h5-7H,4,8H2,1-3H3,(H,23,24). The van der Waals surface area contributed by atoms with Gasteiger partial charge in [0.05, 0.1) is 17.1 Å². The van der Waals surface area contributed by atoms with Crippen LogP contribution in [-0.2, 0) is 4.79 Å². The monoisotopic (exact) mass is 371 g/mol. The van der Waals surface area contributed by atoms with Gasteiger partial charge in [-0.05, 0) is 39.0 Å². The Balaban J connectivity index is 1.97. The molecule has 3 aromatic rings. The lowest BCUT2D eigenvalue weighted by atomic mass is 10.1. The smallest absolute Gasteiger partial charge is 0.354 e. The van der Waals surface area contributed by atoms with Crippen LogP contribution in [0.3, 0.4) is 0 Å². The molecule has 1 aliphatic heterocycles. The number of aromatic nitrogens is 2. The fourth-order valence-corrected chi connectivity index (χ4v) is 4.44. The van der Waals surface area contributed by atoms with E-state index in [1.54, 1.807) is 16.2 Å². The van der Waals surface area contributed by atoms with Gasteiger partial charge in [0.1, 0.15) is 5.75 Å². The third-order valence-electron chi connectivity index (χ3n) is 4.52. The molecule has 0 saturated heterocycles. The molecule has 1 N–H and O–H groups in total. The van der Waals surface area contributed by atoms with Gasteiger partial charge >= 0.3 is 5.97 Å². The number of nitrogens with zero attached hydrogens (tertiary/aromatic N) is 3. The summed E-state index contributed by atoms with van der Waals surface area (Å²) >= 11 is 1.45. The maximum atomic E-state index is 12.1. The van der Waals surface area contributed by atoms with Crippen molar-refractivity contribution in [2.45, 2.75) is 20.8 Å². The summed E-state index contributed by atoms with van der Waals surface area (Å²) in [4.78, 5) is 31.5. The summed E-state index contributed by atoms with van der Waals surface area (Å²) in [6.07, 6.45) is 0. The average molecular weight is 371 g/mol. The molecule has 3 heterocycles. The van der Waals surface area contributed by atoms with Crippen LogP contribution in [0.2, 0.25) is 0 Å². The summed E-state index contributed by atoms with van der Waals surface area (Å²) in [6.45, 7) is 6.12. The fourth-order valence-electron chi connectivity index (χ4n) is 3.40. The highest BCUT2D eigenvalue weighted by molar-refractivity contribution is 7.17. The predicted molar refractivity (Wildman–Crippen MR) is 98.5 cm³/mol. The number of aromatic carboxylic acids is 1. The summed E-state index contributed by atoms with van der Waals surface area (Å²) < 4.78 is 7.20. The molecule has 8 heteroatoms. The number of carboxylic acid groups (broad SMARTS) is 1. The lowest BCUT2D eigenvalue weighted by Gasteiger charge is -2.28. The molecule has 0 saturated carbocycles. The molecule has 4 rings (SSSR count). The number of likely N-dealkylation sites (N-methyl/N-ethyl adjacent to an activating group) is 1. The van der Waals surface area contributed by atoms with Crippen LogP contribution in [-0.4, -0.2) is 39.5 Å². The lowest BCUT2D eigenvalue weighted by Crippen LogP contribution is -2.38. The molecule has 0 fully saturated rings. The average Bonchev–Trinajstić information content (AvgIpc) is 3.06. The Bertz CT molecular complexity index is 1070. The van der Waals surface area contributed by atoms with Gasteiger partial charge in [-0.15, -0.1) is 11.3 Å². The Morgan fingerprint density at radius 1 is 1.38 bits per heavy atom. The number of carbonyl (C=O) groups excluding carboxylic acids is 1. The molecular weight excluding hydrogens is 354 g/mol. The normalized spacial score (nSPS) is 13.8. The van der Waals surface area contributed by atoms with Crippen molar-refractivity contribution in [1.82, 2.24) is 9.38 Å². The first-order valence-corrected chi connectivity index (χ1v) is 9.03. The second kappa shape index (κ2) is 5.84. The topological polar surface area (TPSA) is 84.1 Å². The van der Waals surface area contributed by atoms with Crippen molar-refractivity contribution in [3.8, 4) is 17.0 Å². The fraction of sp³-hybridized carbons (Fsp3) is 0.278. The van der Waals surface area contributed by atoms with E-state index >= 15 is 0 Å². The minimum absolute atomic E-state index is 0.0335. The van der Waals surface area contributed by atoms with Crippen molar-refractivity contribution in [3.63, 3.8) is 0 Å². The first-order valence-electron chi connectivity index (χ1n) is 8.21. The van der Waals surface area contributed by atoms with Crippen LogP contribution in [0.15, 0.2) is 18.2 Å². The van der Waals surface area contributed by atoms with Crippen molar-refractivity contribution >= 4 is 33.9 Å². The van der Waals surface area contributed by atoms with Crippen LogP contribution in [0, 0.1) is 13.8 Å². The molecular formula is C18H17N3O4S. The number of rotatable bonds is 3. The van der Waals surface area contributed by atoms with Gasteiger partial charge in [-0.25, -0.2) is 9.78 Å². The zero-order chi connectivity index (χ0) is 18.6. The van der Waals surface area contributed by atoms with Crippen molar-refractivity contribution < 1.29 is 19.4 Å². The number of fused-ring (bicyclic) bond motifs is 2. The second-order valence-corrected chi connectivity index (χ2v) is 7.27. The minimum atomic E-state index is -1.01. The Kier molecular flexibility index (Phi) is 3.73. The first kappa shape index (κ1) is 16.6. The van der Waals surface area contributed by atoms with E-state index < -0.39 is 5.97 Å². The summed E-state index contributed by atoms with van der Waals surface area (Å²) in [7, 11) is 0. The molecule has 0 bridgehead atoms. The number of amides is 1. The number of imidazole rings is 1. The van der Waals surface area contributed by atoms with Crippen LogP contribution in [0.4, 0.5) is 5.69 Å². The third kappa shape index (κ3) is 2.29. The lowest BCUT2D eigenvalue weighted by molar-refractivity contribution is -0.121. The Morgan fingerprint density at radius 3 is 2.85 bits per heavy atom. The molecule has 26 heavy (non-hydrogen) atoms. The number of aryl methyl sites for hydroxylation is 2. The van der Waals surface area contributed by atoms with Crippen molar-refractivity contribution in [2.75, 3.05) is 18.1 Å². The van der Waals surface area contributed by atoms with Crippen LogP contribution < -0.4 is 9.64 Å². The number of benzene rings is 1. The summed E-state index contributed by atoms with van der Waals surface area (Å²) in [5.41, 5.74) is 2.95. The van der Waals surface area contributed by atoms with Gasteiger partial charge in [-0.3, -0.25) is 9.20 Å². The zero-order valence-electron chi connectivity index (χ0n) is 14.6. The van der Waals surface area contributed by atoms with Gasteiger partial charge in [-0.1, -0.05) is 0 Å². The van der Waals surface area contributed by atoms with E-state index in [9.17, 15) is 14.7 Å². The molecule has 7 nitrogen and oxygen atoms in total. The maximum absolute atomic E-state index is 12.1. The van der Waals surface area contributed by atoms with Gasteiger partial charge < -0.3 is 14.7 Å². The molecule has 0 atom stereocenters. The molecule has 1 amide bonds. The number of anilines is 1.